The number of aliphatic hydroxyl groups is 1. The lowest BCUT2D eigenvalue weighted by Crippen LogP contribution is -2.34. The highest BCUT2D eigenvalue weighted by atomic mass is 32.2. The SMILES string of the molecule is CNC(=O)c1c(-c2ccc(F)cc2)oc2cc(N(CCOCCOCc3cccc(C(=O)C=C(O)C(=O)O)c3)S(C)(=O)=O)c(C3CC3)cc12. The molecule has 258 valence electrons. The van der Waals surface area contributed by atoms with E-state index in [0.29, 0.717) is 33.9 Å². The molecule has 1 fully saturated rings. The summed E-state index contributed by atoms with van der Waals surface area (Å²) in [5.74, 6) is -3.82. The first-order valence-electron chi connectivity index (χ1n) is 15.4. The Hall–Kier alpha value is -5.05. The van der Waals surface area contributed by atoms with Crippen molar-refractivity contribution in [2.75, 3.05) is 44.0 Å². The summed E-state index contributed by atoms with van der Waals surface area (Å²) in [6.45, 7) is 0.481. The minimum Gasteiger partial charge on any atom is -0.502 e. The van der Waals surface area contributed by atoms with Crippen molar-refractivity contribution in [2.24, 2.45) is 0 Å². The molecule has 0 aliphatic heterocycles. The number of ether oxygens (including phenoxy) is 2. The molecular formula is C35H35FN2O10S. The number of aliphatic hydroxyl groups excluding tert-OH is 1. The Morgan fingerprint density at radius 3 is 2.39 bits per heavy atom. The maximum absolute atomic E-state index is 13.7. The predicted molar refractivity (Wildman–Crippen MR) is 179 cm³/mol. The lowest BCUT2D eigenvalue weighted by molar-refractivity contribution is -0.135. The van der Waals surface area contributed by atoms with Gasteiger partial charge in [-0.25, -0.2) is 17.6 Å². The molecule has 0 radical (unpaired) electrons. The van der Waals surface area contributed by atoms with E-state index in [4.69, 9.17) is 19.0 Å². The van der Waals surface area contributed by atoms with E-state index in [2.05, 4.69) is 5.32 Å². The Morgan fingerprint density at radius 2 is 1.73 bits per heavy atom. The number of nitrogens with one attached hydrogen (secondary N) is 1. The number of nitrogens with zero attached hydrogens (tertiary/aromatic N) is 1. The van der Waals surface area contributed by atoms with Crippen LogP contribution in [0.25, 0.3) is 22.3 Å². The molecule has 1 aliphatic carbocycles. The van der Waals surface area contributed by atoms with Crippen LogP contribution in [-0.2, 0) is 30.9 Å². The third-order valence-corrected chi connectivity index (χ3v) is 9.04. The fourth-order valence-corrected chi connectivity index (χ4v) is 6.27. The van der Waals surface area contributed by atoms with Crippen molar-refractivity contribution in [3.05, 3.63) is 101 Å². The van der Waals surface area contributed by atoms with Crippen LogP contribution in [0.1, 0.15) is 50.6 Å². The monoisotopic (exact) mass is 694 g/mol. The maximum Gasteiger partial charge on any atom is 0.371 e. The van der Waals surface area contributed by atoms with Gasteiger partial charge in [0.1, 0.15) is 17.2 Å². The summed E-state index contributed by atoms with van der Waals surface area (Å²) in [6, 6.07) is 15.3. The highest BCUT2D eigenvalue weighted by molar-refractivity contribution is 7.92. The van der Waals surface area contributed by atoms with Crippen LogP contribution in [0.3, 0.4) is 0 Å². The van der Waals surface area contributed by atoms with Gasteiger partial charge in [-0.2, -0.15) is 0 Å². The van der Waals surface area contributed by atoms with Crippen molar-refractivity contribution in [1.29, 1.82) is 0 Å². The van der Waals surface area contributed by atoms with Gasteiger partial charge in [0.25, 0.3) is 5.91 Å². The van der Waals surface area contributed by atoms with E-state index in [-0.39, 0.29) is 55.8 Å². The molecule has 49 heavy (non-hydrogen) atoms. The van der Waals surface area contributed by atoms with Crippen molar-refractivity contribution >= 4 is 44.3 Å². The summed E-state index contributed by atoms with van der Waals surface area (Å²) in [6.07, 6.45) is 3.46. The normalized spacial score (nSPS) is 13.4. The number of hydrogen-bond donors (Lipinski definition) is 3. The number of carboxylic acid groups (broad SMARTS) is 1. The number of benzene rings is 3. The van der Waals surface area contributed by atoms with Crippen molar-refractivity contribution in [1.82, 2.24) is 5.32 Å². The Kier molecular flexibility index (Phi) is 10.8. The van der Waals surface area contributed by atoms with Crippen molar-refractivity contribution in [3.8, 4) is 11.3 Å². The number of rotatable bonds is 16. The molecule has 1 aliphatic rings. The zero-order valence-corrected chi connectivity index (χ0v) is 27.6. The molecule has 3 N–H and O–H groups in total. The van der Waals surface area contributed by atoms with Crippen LogP contribution in [-0.4, -0.2) is 76.0 Å². The smallest absolute Gasteiger partial charge is 0.371 e. The fourth-order valence-electron chi connectivity index (χ4n) is 5.35. The molecule has 1 amide bonds. The first-order valence-corrected chi connectivity index (χ1v) is 17.2. The number of aliphatic carboxylic acids is 1. The minimum absolute atomic E-state index is 0.00124. The largest absolute Gasteiger partial charge is 0.502 e. The van der Waals surface area contributed by atoms with E-state index in [1.54, 1.807) is 18.2 Å². The van der Waals surface area contributed by atoms with Gasteiger partial charge < -0.3 is 29.4 Å². The van der Waals surface area contributed by atoms with Crippen LogP contribution in [0.2, 0.25) is 0 Å². The molecule has 12 nitrogen and oxygen atoms in total. The summed E-state index contributed by atoms with van der Waals surface area (Å²) in [5.41, 5.74) is 3.10. The summed E-state index contributed by atoms with van der Waals surface area (Å²) < 4.78 is 58.6. The average molecular weight is 695 g/mol. The fraction of sp³-hybridized carbons (Fsp3) is 0.286. The van der Waals surface area contributed by atoms with Crippen LogP contribution in [0.5, 0.6) is 0 Å². The Labute approximate surface area is 281 Å². The molecule has 1 aromatic heterocycles. The van der Waals surface area contributed by atoms with Crippen LogP contribution in [0.4, 0.5) is 10.1 Å². The summed E-state index contributed by atoms with van der Waals surface area (Å²) in [7, 11) is -2.27. The molecule has 0 atom stereocenters. The topological polar surface area (TPSA) is 173 Å². The highest BCUT2D eigenvalue weighted by Crippen LogP contribution is 2.48. The van der Waals surface area contributed by atoms with Gasteiger partial charge in [0.2, 0.25) is 15.8 Å². The molecule has 3 aromatic carbocycles. The van der Waals surface area contributed by atoms with E-state index < -0.39 is 39.3 Å². The van der Waals surface area contributed by atoms with Gasteiger partial charge in [-0.15, -0.1) is 0 Å². The standard InChI is InChI=1S/C35H35FN2O10S/c1-37-34(41)32-27-17-26(22-6-7-22)28(18-31(27)48-33(32)23-8-10-25(36)11-9-23)38(49(2,44)45)12-13-46-14-15-47-20-21-4-3-5-24(16-21)29(39)19-30(40)35(42)43/h3-5,8-11,16-19,22,40H,6-7,12-15,20H2,1-2H3,(H,37,41)(H,42,43). The molecule has 0 bridgehead atoms. The van der Waals surface area contributed by atoms with E-state index >= 15 is 0 Å². The van der Waals surface area contributed by atoms with Gasteiger partial charge in [0.05, 0.1) is 50.5 Å². The number of carbonyl (C=O) groups is 3. The third-order valence-electron chi connectivity index (χ3n) is 7.86. The lowest BCUT2D eigenvalue weighted by atomic mass is 10.0. The quantitative estimate of drug-likeness (QED) is 0.0614. The second-order valence-electron chi connectivity index (χ2n) is 11.5. The van der Waals surface area contributed by atoms with E-state index in [9.17, 15) is 32.3 Å². The molecular weight excluding hydrogens is 659 g/mol. The van der Waals surface area contributed by atoms with Crippen molar-refractivity contribution in [2.45, 2.75) is 25.4 Å². The molecule has 0 unspecified atom stereocenters. The number of amides is 1. The minimum atomic E-state index is -3.77. The average Bonchev–Trinajstić information content (AvgIpc) is 3.85. The second kappa shape index (κ2) is 15.0. The van der Waals surface area contributed by atoms with Gasteiger partial charge in [-0.3, -0.25) is 13.9 Å². The third kappa shape index (κ3) is 8.52. The van der Waals surface area contributed by atoms with Crippen LogP contribution in [0.15, 0.2) is 76.9 Å². The van der Waals surface area contributed by atoms with Crippen LogP contribution >= 0.6 is 0 Å². The molecule has 1 saturated carbocycles. The number of ketones is 1. The van der Waals surface area contributed by atoms with Gasteiger partial charge in [0, 0.05) is 35.7 Å². The number of allylic oxidation sites excluding steroid dienone is 1. The van der Waals surface area contributed by atoms with Crippen LogP contribution < -0.4 is 9.62 Å². The number of fused-ring (bicyclic) bond motifs is 1. The number of carboxylic acids is 1. The predicted octanol–water partition coefficient (Wildman–Crippen LogP) is 5.18. The number of hydrogen-bond acceptors (Lipinski definition) is 9. The Bertz CT molecular complexity index is 2020. The number of sulfonamides is 1. The van der Waals surface area contributed by atoms with Gasteiger partial charge in [-0.1, -0.05) is 18.2 Å². The first-order chi connectivity index (χ1) is 23.4. The zero-order chi connectivity index (χ0) is 35.3. The summed E-state index contributed by atoms with van der Waals surface area (Å²) >= 11 is 0. The van der Waals surface area contributed by atoms with Gasteiger partial charge >= 0.3 is 5.97 Å². The van der Waals surface area contributed by atoms with E-state index in [0.717, 1.165) is 24.7 Å². The molecule has 14 heteroatoms. The van der Waals surface area contributed by atoms with E-state index in [1.807, 2.05) is 6.07 Å². The van der Waals surface area contributed by atoms with Crippen molar-refractivity contribution < 1.29 is 51.3 Å². The lowest BCUT2D eigenvalue weighted by Gasteiger charge is -2.25. The maximum atomic E-state index is 13.7. The zero-order valence-electron chi connectivity index (χ0n) is 26.8. The van der Waals surface area contributed by atoms with Crippen LogP contribution in [0, 0.1) is 5.82 Å². The molecule has 4 aromatic rings. The summed E-state index contributed by atoms with van der Waals surface area (Å²) in [5, 5.41) is 21.2. The van der Waals surface area contributed by atoms with Gasteiger partial charge in [0.15, 0.2) is 5.78 Å². The summed E-state index contributed by atoms with van der Waals surface area (Å²) in [4.78, 5) is 36.0. The molecule has 0 saturated heterocycles. The number of carbonyl (C=O) groups excluding carboxylic acids is 2. The van der Waals surface area contributed by atoms with Gasteiger partial charge in [-0.05, 0) is 66.3 Å². The number of furan rings is 1. The Morgan fingerprint density at radius 1 is 1.02 bits per heavy atom. The highest BCUT2D eigenvalue weighted by Gasteiger charge is 2.33. The Balaban J connectivity index is 1.27. The second-order valence-corrected chi connectivity index (χ2v) is 13.4. The van der Waals surface area contributed by atoms with E-state index in [1.165, 1.54) is 47.8 Å². The molecule has 1 heterocycles. The van der Waals surface area contributed by atoms with Crippen molar-refractivity contribution in [3.63, 3.8) is 0 Å². The number of anilines is 1. The molecule has 0 spiro atoms. The molecule has 5 rings (SSSR count). The number of halogens is 1. The first kappa shape index (κ1) is 35.3.